The number of benzene rings is 1. The highest BCUT2D eigenvalue weighted by atomic mass is 35.5. The first-order valence-corrected chi connectivity index (χ1v) is 9.44. The molecule has 4 rings (SSSR count). The molecule has 2 N–H and O–H groups in total. The van der Waals surface area contributed by atoms with E-state index in [-0.39, 0.29) is 24.8 Å². The Bertz CT molecular complexity index is 850. The summed E-state index contributed by atoms with van der Waals surface area (Å²) in [7, 11) is 0. The number of hydrogen-bond acceptors (Lipinski definition) is 6. The fourth-order valence-electron chi connectivity index (χ4n) is 3.16. The second-order valence-electron chi connectivity index (χ2n) is 6.27. The van der Waals surface area contributed by atoms with Gasteiger partial charge in [-0.25, -0.2) is 15.0 Å². The normalized spacial score (nSPS) is 14.1. The highest BCUT2D eigenvalue weighted by Gasteiger charge is 2.18. The molecule has 0 unspecified atom stereocenters. The fraction of sp³-hybridized carbons (Fsp3) is 0.316. The van der Waals surface area contributed by atoms with Crippen molar-refractivity contribution < 1.29 is 0 Å². The average Bonchev–Trinajstić information content (AvgIpc) is 3.11. The third kappa shape index (κ3) is 5.39. The van der Waals surface area contributed by atoms with E-state index < -0.39 is 0 Å². The fourth-order valence-corrected chi connectivity index (χ4v) is 3.99. The number of halogens is 2. The molecule has 0 amide bonds. The van der Waals surface area contributed by atoms with Crippen molar-refractivity contribution in [1.82, 2.24) is 20.3 Å². The van der Waals surface area contributed by atoms with Crippen LogP contribution < -0.4 is 10.6 Å². The van der Waals surface area contributed by atoms with Gasteiger partial charge < -0.3 is 10.6 Å². The Morgan fingerprint density at radius 2 is 1.81 bits per heavy atom. The second-order valence-corrected chi connectivity index (χ2v) is 7.30. The molecule has 3 aromatic rings. The Hall–Kier alpha value is -1.73. The summed E-state index contributed by atoms with van der Waals surface area (Å²) < 4.78 is 0. The van der Waals surface area contributed by atoms with Gasteiger partial charge >= 0.3 is 0 Å². The maximum Gasteiger partial charge on any atom is 0.188 e. The van der Waals surface area contributed by atoms with E-state index in [1.54, 1.807) is 11.3 Å². The van der Waals surface area contributed by atoms with Gasteiger partial charge in [0.05, 0.1) is 4.88 Å². The van der Waals surface area contributed by atoms with E-state index in [2.05, 4.69) is 43.8 Å². The van der Waals surface area contributed by atoms with Crippen LogP contribution in [-0.4, -0.2) is 28.0 Å². The first kappa shape index (κ1) is 21.6. The molecule has 0 saturated carbocycles. The van der Waals surface area contributed by atoms with E-state index in [1.165, 1.54) is 5.56 Å². The summed E-state index contributed by atoms with van der Waals surface area (Å²) in [5.41, 5.74) is 2.32. The van der Waals surface area contributed by atoms with E-state index >= 15 is 0 Å². The Morgan fingerprint density at radius 1 is 1.07 bits per heavy atom. The molecule has 0 aliphatic carbocycles. The number of nitrogens with zero attached hydrogens (tertiary/aromatic N) is 3. The average molecular weight is 424 g/mol. The van der Waals surface area contributed by atoms with Crippen LogP contribution in [0.3, 0.4) is 0 Å². The van der Waals surface area contributed by atoms with Crippen LogP contribution in [-0.2, 0) is 0 Å². The molecule has 1 aromatic carbocycles. The minimum atomic E-state index is 0. The highest BCUT2D eigenvalue weighted by Crippen LogP contribution is 2.31. The number of aryl methyl sites for hydroxylation is 1. The number of piperidine rings is 1. The molecule has 1 aliphatic heterocycles. The lowest BCUT2D eigenvalue weighted by molar-refractivity contribution is 0.452. The van der Waals surface area contributed by atoms with Crippen LogP contribution in [0.2, 0.25) is 0 Å². The van der Waals surface area contributed by atoms with Gasteiger partial charge in [-0.3, -0.25) is 0 Å². The molecular weight excluding hydrogens is 401 g/mol. The van der Waals surface area contributed by atoms with Crippen LogP contribution in [0, 0.1) is 6.92 Å². The Kier molecular flexibility index (Phi) is 7.98. The number of nitrogens with one attached hydrogen (secondary N) is 2. The Labute approximate surface area is 175 Å². The quantitative estimate of drug-likeness (QED) is 0.620. The molecule has 1 saturated heterocycles. The third-order valence-electron chi connectivity index (χ3n) is 4.41. The monoisotopic (exact) mass is 423 g/mol. The van der Waals surface area contributed by atoms with Gasteiger partial charge in [-0.2, -0.15) is 0 Å². The van der Waals surface area contributed by atoms with E-state index in [0.717, 1.165) is 53.3 Å². The topological polar surface area (TPSA) is 62.7 Å². The lowest BCUT2D eigenvalue weighted by atomic mass is 9.94. The van der Waals surface area contributed by atoms with Gasteiger partial charge in [-0.05, 0) is 38.4 Å². The second kappa shape index (κ2) is 9.99. The number of aromatic nitrogens is 3. The highest BCUT2D eigenvalue weighted by molar-refractivity contribution is 7.18. The predicted octanol–water partition coefficient (Wildman–Crippen LogP) is 4.96. The molecule has 0 spiro atoms. The maximum atomic E-state index is 4.66. The molecule has 1 fully saturated rings. The lowest BCUT2D eigenvalue weighted by Crippen LogP contribution is -2.27. The van der Waals surface area contributed by atoms with E-state index in [0.29, 0.717) is 5.92 Å². The van der Waals surface area contributed by atoms with Crippen molar-refractivity contribution in [2.75, 3.05) is 18.4 Å². The third-order valence-corrected chi connectivity index (χ3v) is 5.38. The van der Waals surface area contributed by atoms with Crippen LogP contribution in [0.1, 0.15) is 30.3 Å². The van der Waals surface area contributed by atoms with Crippen LogP contribution >= 0.6 is 36.2 Å². The Morgan fingerprint density at radius 3 is 2.56 bits per heavy atom. The summed E-state index contributed by atoms with van der Waals surface area (Å²) in [5.74, 6) is 2.15. The number of thiazole rings is 1. The van der Waals surface area contributed by atoms with Crippen molar-refractivity contribution in [3.05, 3.63) is 54.1 Å². The summed E-state index contributed by atoms with van der Waals surface area (Å²) in [5, 5.41) is 7.61. The van der Waals surface area contributed by atoms with Crippen molar-refractivity contribution in [2.45, 2.75) is 25.7 Å². The number of hydrogen-bond donors (Lipinski definition) is 2. The van der Waals surface area contributed by atoms with Gasteiger partial charge in [0, 0.05) is 23.9 Å². The first-order chi connectivity index (χ1) is 12.3. The SMILES string of the molecule is Cc1nc(Nc2ncc(-c3ccccc3)s2)cc(C2CCNCC2)n1.Cl.Cl. The molecule has 8 heteroatoms. The zero-order valence-electron chi connectivity index (χ0n) is 15.0. The van der Waals surface area contributed by atoms with Gasteiger partial charge in [0.1, 0.15) is 11.6 Å². The van der Waals surface area contributed by atoms with Crippen LogP contribution in [0.4, 0.5) is 10.9 Å². The number of rotatable bonds is 4. The number of anilines is 2. The standard InChI is InChI=1S/C19H21N5S.2ClH/c1-13-22-16(14-7-9-20-10-8-14)11-18(23-13)24-19-21-12-17(25-19)15-5-3-2-4-6-15;;/h2-6,11-12,14,20H,7-10H2,1H3,(H,21,22,23,24);2*1H. The summed E-state index contributed by atoms with van der Waals surface area (Å²) in [6.07, 6.45) is 4.17. The first-order valence-electron chi connectivity index (χ1n) is 8.62. The molecule has 0 atom stereocenters. The molecule has 2 aromatic heterocycles. The van der Waals surface area contributed by atoms with Gasteiger partial charge in [-0.1, -0.05) is 41.7 Å². The zero-order chi connectivity index (χ0) is 17.1. The molecule has 5 nitrogen and oxygen atoms in total. The predicted molar refractivity (Wildman–Crippen MR) is 117 cm³/mol. The van der Waals surface area contributed by atoms with Crippen LogP contribution in [0.15, 0.2) is 42.6 Å². The van der Waals surface area contributed by atoms with Crippen molar-refractivity contribution in [3.63, 3.8) is 0 Å². The van der Waals surface area contributed by atoms with E-state index in [4.69, 9.17) is 0 Å². The minimum Gasteiger partial charge on any atom is -0.317 e. The summed E-state index contributed by atoms with van der Waals surface area (Å²) in [6, 6.07) is 12.4. The molecule has 144 valence electrons. The summed E-state index contributed by atoms with van der Waals surface area (Å²) in [4.78, 5) is 14.8. The van der Waals surface area contributed by atoms with Crippen molar-refractivity contribution >= 4 is 47.1 Å². The van der Waals surface area contributed by atoms with Crippen molar-refractivity contribution in [1.29, 1.82) is 0 Å². The molecule has 0 radical (unpaired) electrons. The van der Waals surface area contributed by atoms with Gasteiger partial charge in [-0.15, -0.1) is 24.8 Å². The lowest BCUT2D eigenvalue weighted by Gasteiger charge is -2.22. The Balaban J connectivity index is 0.00000131. The van der Waals surface area contributed by atoms with Gasteiger partial charge in [0.2, 0.25) is 0 Å². The summed E-state index contributed by atoms with van der Waals surface area (Å²) in [6.45, 7) is 4.07. The van der Waals surface area contributed by atoms with Crippen LogP contribution in [0.25, 0.3) is 10.4 Å². The molecule has 27 heavy (non-hydrogen) atoms. The largest absolute Gasteiger partial charge is 0.317 e. The van der Waals surface area contributed by atoms with Crippen LogP contribution in [0.5, 0.6) is 0 Å². The van der Waals surface area contributed by atoms with Crippen molar-refractivity contribution in [2.24, 2.45) is 0 Å². The van der Waals surface area contributed by atoms with Gasteiger partial charge in [0.25, 0.3) is 0 Å². The van der Waals surface area contributed by atoms with Crippen molar-refractivity contribution in [3.8, 4) is 10.4 Å². The zero-order valence-corrected chi connectivity index (χ0v) is 17.5. The van der Waals surface area contributed by atoms with E-state index in [9.17, 15) is 0 Å². The smallest absolute Gasteiger partial charge is 0.188 e. The molecule has 1 aliphatic rings. The molecular formula is C19H23Cl2N5S. The molecule has 3 heterocycles. The minimum absolute atomic E-state index is 0. The molecule has 0 bridgehead atoms. The van der Waals surface area contributed by atoms with E-state index in [1.807, 2.05) is 31.3 Å². The van der Waals surface area contributed by atoms with Gasteiger partial charge in [0.15, 0.2) is 5.13 Å². The maximum absolute atomic E-state index is 4.66. The summed E-state index contributed by atoms with van der Waals surface area (Å²) >= 11 is 1.64.